The van der Waals surface area contributed by atoms with Gasteiger partial charge in [0.2, 0.25) is 5.91 Å². The van der Waals surface area contributed by atoms with Gasteiger partial charge in [0.25, 0.3) is 0 Å². The van der Waals surface area contributed by atoms with Gasteiger partial charge in [-0.25, -0.2) is 0 Å². The van der Waals surface area contributed by atoms with Gasteiger partial charge < -0.3 is 15.5 Å². The number of likely N-dealkylation sites (tertiary alicyclic amines) is 1. The van der Waals surface area contributed by atoms with Crippen LogP contribution in [0.1, 0.15) is 12.8 Å². The molecule has 1 amide bonds. The second kappa shape index (κ2) is 5.32. The van der Waals surface area contributed by atoms with E-state index in [2.05, 4.69) is 19.0 Å². The summed E-state index contributed by atoms with van der Waals surface area (Å²) in [5.41, 5.74) is 5.35. The van der Waals surface area contributed by atoms with E-state index in [1.165, 1.54) is 6.42 Å². The van der Waals surface area contributed by atoms with Crippen LogP contribution in [-0.2, 0) is 4.79 Å². The van der Waals surface area contributed by atoms with Gasteiger partial charge in [-0.3, -0.25) is 4.79 Å². The number of carbonyl (C=O) groups is 1. The molecule has 0 saturated carbocycles. The molecule has 0 bridgehead atoms. The van der Waals surface area contributed by atoms with Crippen LogP contribution in [0.4, 0.5) is 0 Å². The number of amides is 1. The normalized spacial score (nSPS) is 22.9. The third kappa shape index (κ3) is 3.27. The van der Waals surface area contributed by atoms with Crippen LogP contribution in [0.15, 0.2) is 0 Å². The zero-order chi connectivity index (χ0) is 10.6. The maximum Gasteiger partial charge on any atom is 0.236 e. The summed E-state index contributed by atoms with van der Waals surface area (Å²) >= 11 is 0. The van der Waals surface area contributed by atoms with Gasteiger partial charge >= 0.3 is 0 Å². The Morgan fingerprint density at radius 2 is 2.29 bits per heavy atom. The van der Waals surface area contributed by atoms with Gasteiger partial charge in [-0.1, -0.05) is 0 Å². The lowest BCUT2D eigenvalue weighted by atomic mass is 9.97. The van der Waals surface area contributed by atoms with Crippen molar-refractivity contribution in [2.24, 2.45) is 11.7 Å². The molecule has 0 spiro atoms. The van der Waals surface area contributed by atoms with Gasteiger partial charge in [0, 0.05) is 19.6 Å². The molecule has 0 radical (unpaired) electrons. The van der Waals surface area contributed by atoms with Gasteiger partial charge in [0.15, 0.2) is 0 Å². The number of nitrogens with two attached hydrogens (primary N) is 1. The SMILES string of the molecule is CN(C)CC1CCCN(C(=O)CN)C1. The minimum Gasteiger partial charge on any atom is -0.341 e. The van der Waals surface area contributed by atoms with Crippen LogP contribution in [-0.4, -0.2) is 56.0 Å². The first-order valence-corrected chi connectivity index (χ1v) is 5.26. The maximum atomic E-state index is 11.4. The van der Waals surface area contributed by atoms with Crippen molar-refractivity contribution in [3.8, 4) is 0 Å². The first-order chi connectivity index (χ1) is 6.63. The fraction of sp³-hybridized carbons (Fsp3) is 0.900. The molecule has 1 rings (SSSR count). The zero-order valence-electron chi connectivity index (χ0n) is 9.20. The monoisotopic (exact) mass is 199 g/mol. The summed E-state index contributed by atoms with van der Waals surface area (Å²) < 4.78 is 0. The van der Waals surface area contributed by atoms with Gasteiger partial charge in [0.1, 0.15) is 0 Å². The molecule has 1 heterocycles. The molecular weight excluding hydrogens is 178 g/mol. The standard InChI is InChI=1S/C10H21N3O/c1-12(2)7-9-4-3-5-13(8-9)10(14)6-11/h9H,3-8,11H2,1-2H3. The van der Waals surface area contributed by atoms with E-state index < -0.39 is 0 Å². The summed E-state index contributed by atoms with van der Waals surface area (Å²) in [5.74, 6) is 0.711. The second-order valence-corrected chi connectivity index (χ2v) is 4.31. The van der Waals surface area contributed by atoms with Crippen LogP contribution in [0, 0.1) is 5.92 Å². The molecule has 1 unspecified atom stereocenters. The highest BCUT2D eigenvalue weighted by atomic mass is 16.2. The van der Waals surface area contributed by atoms with E-state index in [1.807, 2.05) is 4.90 Å². The molecule has 1 aliphatic rings. The smallest absolute Gasteiger partial charge is 0.236 e. The maximum absolute atomic E-state index is 11.4. The predicted octanol–water partition coefficient (Wildman–Crippen LogP) is -0.255. The van der Waals surface area contributed by atoms with Crippen LogP contribution < -0.4 is 5.73 Å². The van der Waals surface area contributed by atoms with Gasteiger partial charge in [0.05, 0.1) is 6.54 Å². The molecule has 1 atom stereocenters. The molecule has 1 aliphatic heterocycles. The topological polar surface area (TPSA) is 49.6 Å². The first kappa shape index (κ1) is 11.5. The summed E-state index contributed by atoms with van der Waals surface area (Å²) in [6.45, 7) is 2.98. The van der Waals surface area contributed by atoms with Gasteiger partial charge in [-0.05, 0) is 32.9 Å². The van der Waals surface area contributed by atoms with Crippen LogP contribution in [0.2, 0.25) is 0 Å². The van der Waals surface area contributed by atoms with Crippen molar-refractivity contribution in [2.75, 3.05) is 40.3 Å². The Labute approximate surface area is 86.0 Å². The molecule has 4 heteroatoms. The van der Waals surface area contributed by atoms with Crippen LogP contribution in [0.25, 0.3) is 0 Å². The predicted molar refractivity (Wildman–Crippen MR) is 56.9 cm³/mol. The Bertz CT molecular complexity index is 194. The Hall–Kier alpha value is -0.610. The largest absolute Gasteiger partial charge is 0.341 e. The molecule has 0 aromatic rings. The third-order valence-corrected chi connectivity index (χ3v) is 2.67. The number of rotatable bonds is 3. The Morgan fingerprint density at radius 3 is 2.86 bits per heavy atom. The molecular formula is C10H21N3O. The summed E-state index contributed by atoms with van der Waals surface area (Å²) in [6.07, 6.45) is 2.34. The summed E-state index contributed by atoms with van der Waals surface area (Å²) in [4.78, 5) is 15.5. The average molecular weight is 199 g/mol. The number of carbonyl (C=O) groups excluding carboxylic acids is 1. The van der Waals surface area contributed by atoms with E-state index in [1.54, 1.807) is 0 Å². The van der Waals surface area contributed by atoms with E-state index in [0.717, 1.165) is 26.1 Å². The fourth-order valence-electron chi connectivity index (χ4n) is 2.09. The Balaban J connectivity index is 2.39. The number of piperidine rings is 1. The quantitative estimate of drug-likeness (QED) is 0.681. The van der Waals surface area contributed by atoms with Crippen molar-refractivity contribution in [2.45, 2.75) is 12.8 Å². The molecule has 0 aromatic heterocycles. The van der Waals surface area contributed by atoms with E-state index in [4.69, 9.17) is 5.73 Å². The molecule has 1 fully saturated rings. The van der Waals surface area contributed by atoms with Crippen molar-refractivity contribution >= 4 is 5.91 Å². The lowest BCUT2D eigenvalue weighted by Crippen LogP contribution is -2.45. The second-order valence-electron chi connectivity index (χ2n) is 4.31. The zero-order valence-corrected chi connectivity index (χ0v) is 9.20. The number of hydrogen-bond donors (Lipinski definition) is 1. The molecule has 1 saturated heterocycles. The first-order valence-electron chi connectivity index (χ1n) is 5.26. The fourth-order valence-corrected chi connectivity index (χ4v) is 2.09. The highest BCUT2D eigenvalue weighted by Crippen LogP contribution is 2.16. The Kier molecular flexibility index (Phi) is 4.35. The Morgan fingerprint density at radius 1 is 1.57 bits per heavy atom. The molecule has 4 nitrogen and oxygen atoms in total. The van der Waals surface area contributed by atoms with E-state index >= 15 is 0 Å². The average Bonchev–Trinajstić information content (AvgIpc) is 2.16. The third-order valence-electron chi connectivity index (χ3n) is 2.67. The number of nitrogens with zero attached hydrogens (tertiary/aromatic N) is 2. The van der Waals surface area contributed by atoms with E-state index in [0.29, 0.717) is 5.92 Å². The van der Waals surface area contributed by atoms with Crippen molar-refractivity contribution in [3.63, 3.8) is 0 Å². The van der Waals surface area contributed by atoms with Gasteiger partial charge in [-0.15, -0.1) is 0 Å². The minimum atomic E-state index is 0.0912. The van der Waals surface area contributed by atoms with E-state index in [-0.39, 0.29) is 12.5 Å². The van der Waals surface area contributed by atoms with Crippen LogP contribution in [0.3, 0.4) is 0 Å². The molecule has 0 aromatic carbocycles. The van der Waals surface area contributed by atoms with Gasteiger partial charge in [-0.2, -0.15) is 0 Å². The molecule has 82 valence electrons. The highest BCUT2D eigenvalue weighted by Gasteiger charge is 2.22. The van der Waals surface area contributed by atoms with Crippen molar-refractivity contribution < 1.29 is 4.79 Å². The molecule has 2 N–H and O–H groups in total. The summed E-state index contributed by atoms with van der Waals surface area (Å²) in [6, 6.07) is 0. The summed E-state index contributed by atoms with van der Waals surface area (Å²) in [7, 11) is 4.15. The van der Waals surface area contributed by atoms with Crippen LogP contribution in [0.5, 0.6) is 0 Å². The van der Waals surface area contributed by atoms with E-state index in [9.17, 15) is 4.79 Å². The number of hydrogen-bond acceptors (Lipinski definition) is 3. The summed E-state index contributed by atoms with van der Waals surface area (Å²) in [5, 5.41) is 0. The lowest BCUT2D eigenvalue weighted by Gasteiger charge is -2.33. The highest BCUT2D eigenvalue weighted by molar-refractivity contribution is 5.78. The van der Waals surface area contributed by atoms with Crippen molar-refractivity contribution in [3.05, 3.63) is 0 Å². The minimum absolute atomic E-state index is 0.0912. The van der Waals surface area contributed by atoms with Crippen molar-refractivity contribution in [1.29, 1.82) is 0 Å². The van der Waals surface area contributed by atoms with Crippen LogP contribution >= 0.6 is 0 Å². The molecule has 14 heavy (non-hydrogen) atoms. The van der Waals surface area contributed by atoms with Crippen molar-refractivity contribution in [1.82, 2.24) is 9.80 Å². The lowest BCUT2D eigenvalue weighted by molar-refractivity contribution is -0.131. The molecule has 0 aliphatic carbocycles.